The van der Waals surface area contributed by atoms with Crippen LogP contribution in [0.25, 0.3) is 0 Å². The lowest BCUT2D eigenvalue weighted by Gasteiger charge is -2.22. The summed E-state index contributed by atoms with van der Waals surface area (Å²) >= 11 is 0. The zero-order valence-corrected chi connectivity index (χ0v) is 14.7. The van der Waals surface area contributed by atoms with Gasteiger partial charge in [0.1, 0.15) is 6.04 Å². The molecule has 1 N–H and O–H groups in total. The standard InChI is InChI=1S/C15H21N3O5S/c1-17(2)24(21,22)12-7-4-6-11(10-12)16-14(19)13-8-5-9-18(13)15(20)23-3/h4,6-7,10,13H,5,8-9H2,1-3H3,(H,16,19)/t13-/m1/s1. The van der Waals surface area contributed by atoms with Gasteiger partial charge in [0, 0.05) is 26.3 Å². The number of methoxy groups -OCH3 is 1. The normalized spacial score (nSPS) is 17.8. The Hall–Kier alpha value is -2.13. The Labute approximate surface area is 141 Å². The number of likely N-dealkylation sites (tertiary alicyclic amines) is 1. The fraction of sp³-hybridized carbons (Fsp3) is 0.467. The number of amides is 2. The second kappa shape index (κ2) is 7.18. The molecule has 1 saturated heterocycles. The molecule has 2 rings (SSSR count). The lowest BCUT2D eigenvalue weighted by molar-refractivity contribution is -0.119. The van der Waals surface area contributed by atoms with Crippen LogP contribution in [0.5, 0.6) is 0 Å². The van der Waals surface area contributed by atoms with E-state index in [4.69, 9.17) is 0 Å². The number of hydrogen-bond donors (Lipinski definition) is 1. The SMILES string of the molecule is COC(=O)N1CCC[C@@H]1C(=O)Nc1cccc(S(=O)(=O)N(C)C)c1. The Balaban J connectivity index is 2.17. The second-order valence-corrected chi connectivity index (χ2v) is 7.78. The van der Waals surface area contributed by atoms with Gasteiger partial charge in [-0.15, -0.1) is 0 Å². The molecule has 9 heteroatoms. The van der Waals surface area contributed by atoms with Crippen molar-refractivity contribution in [1.82, 2.24) is 9.21 Å². The third-order valence-corrected chi connectivity index (χ3v) is 5.66. The van der Waals surface area contributed by atoms with Crippen molar-refractivity contribution >= 4 is 27.7 Å². The van der Waals surface area contributed by atoms with Gasteiger partial charge in [0.05, 0.1) is 12.0 Å². The van der Waals surface area contributed by atoms with Crippen LogP contribution in [-0.2, 0) is 19.6 Å². The lowest BCUT2D eigenvalue weighted by Crippen LogP contribution is -2.43. The number of carbonyl (C=O) groups excluding carboxylic acids is 2. The van der Waals surface area contributed by atoms with Gasteiger partial charge in [-0.05, 0) is 31.0 Å². The molecule has 1 aromatic carbocycles. The first-order valence-corrected chi connectivity index (χ1v) is 8.89. The highest BCUT2D eigenvalue weighted by Gasteiger charge is 2.34. The summed E-state index contributed by atoms with van der Waals surface area (Å²) in [6.07, 6.45) is 0.704. The molecular weight excluding hydrogens is 334 g/mol. The molecule has 1 heterocycles. The van der Waals surface area contributed by atoms with Crippen LogP contribution < -0.4 is 5.32 Å². The molecule has 8 nitrogen and oxygen atoms in total. The smallest absolute Gasteiger partial charge is 0.410 e. The van der Waals surface area contributed by atoms with Crippen LogP contribution in [0.2, 0.25) is 0 Å². The fourth-order valence-corrected chi connectivity index (χ4v) is 3.49. The van der Waals surface area contributed by atoms with Crippen molar-refractivity contribution in [3.63, 3.8) is 0 Å². The number of anilines is 1. The molecule has 132 valence electrons. The van der Waals surface area contributed by atoms with E-state index in [9.17, 15) is 18.0 Å². The third kappa shape index (κ3) is 3.68. The van der Waals surface area contributed by atoms with E-state index in [-0.39, 0.29) is 10.8 Å². The summed E-state index contributed by atoms with van der Waals surface area (Å²) in [5.41, 5.74) is 0.361. The molecule has 1 aliphatic rings. The first-order valence-electron chi connectivity index (χ1n) is 7.45. The van der Waals surface area contributed by atoms with Gasteiger partial charge in [-0.1, -0.05) is 6.07 Å². The molecule has 0 unspecified atom stereocenters. The summed E-state index contributed by atoms with van der Waals surface area (Å²) in [4.78, 5) is 25.6. The average molecular weight is 355 g/mol. The molecule has 1 aliphatic heterocycles. The van der Waals surface area contributed by atoms with E-state index in [1.165, 1.54) is 38.2 Å². The van der Waals surface area contributed by atoms with Crippen molar-refractivity contribution in [3.05, 3.63) is 24.3 Å². The number of carbonyl (C=O) groups is 2. The van der Waals surface area contributed by atoms with Crippen LogP contribution in [-0.4, -0.2) is 63.4 Å². The second-order valence-electron chi connectivity index (χ2n) is 5.63. The Morgan fingerprint density at radius 1 is 1.33 bits per heavy atom. The quantitative estimate of drug-likeness (QED) is 0.873. The molecule has 0 spiro atoms. The number of sulfonamides is 1. The van der Waals surface area contributed by atoms with Gasteiger partial charge < -0.3 is 10.1 Å². The minimum Gasteiger partial charge on any atom is -0.453 e. The van der Waals surface area contributed by atoms with Crippen molar-refractivity contribution in [1.29, 1.82) is 0 Å². The molecule has 1 fully saturated rings. The first kappa shape index (κ1) is 18.2. The molecular formula is C15H21N3O5S. The molecule has 0 radical (unpaired) electrons. The molecule has 0 bridgehead atoms. The van der Waals surface area contributed by atoms with Gasteiger partial charge in [-0.3, -0.25) is 9.69 Å². The summed E-state index contributed by atoms with van der Waals surface area (Å²) in [5.74, 6) is -0.364. The predicted octanol–water partition coefficient (Wildman–Crippen LogP) is 1.11. The maximum absolute atomic E-state index is 12.4. The molecule has 1 atom stereocenters. The van der Waals surface area contributed by atoms with Crippen molar-refractivity contribution in [2.75, 3.05) is 33.1 Å². The highest BCUT2D eigenvalue weighted by molar-refractivity contribution is 7.89. The van der Waals surface area contributed by atoms with Crippen molar-refractivity contribution in [2.24, 2.45) is 0 Å². The highest BCUT2D eigenvalue weighted by Crippen LogP contribution is 2.22. The largest absolute Gasteiger partial charge is 0.453 e. The number of ether oxygens (including phenoxy) is 1. The summed E-state index contributed by atoms with van der Waals surface area (Å²) in [7, 11) is 0.560. The average Bonchev–Trinajstić information content (AvgIpc) is 3.04. The van der Waals surface area contributed by atoms with Gasteiger partial charge in [-0.2, -0.15) is 0 Å². The molecule has 2 amide bonds. The Morgan fingerprint density at radius 3 is 2.67 bits per heavy atom. The van der Waals surface area contributed by atoms with E-state index in [0.717, 1.165) is 4.31 Å². The topological polar surface area (TPSA) is 96.0 Å². The first-order chi connectivity index (χ1) is 11.3. The molecule has 0 aromatic heterocycles. The fourth-order valence-electron chi connectivity index (χ4n) is 2.55. The van der Waals surface area contributed by atoms with E-state index < -0.39 is 22.2 Å². The van der Waals surface area contributed by atoms with Gasteiger partial charge >= 0.3 is 6.09 Å². The minimum absolute atomic E-state index is 0.0848. The van der Waals surface area contributed by atoms with Crippen LogP contribution >= 0.6 is 0 Å². The van der Waals surface area contributed by atoms with E-state index in [1.807, 2.05) is 0 Å². The third-order valence-electron chi connectivity index (χ3n) is 3.84. The molecule has 24 heavy (non-hydrogen) atoms. The lowest BCUT2D eigenvalue weighted by atomic mass is 10.2. The zero-order valence-electron chi connectivity index (χ0n) is 13.9. The van der Waals surface area contributed by atoms with Crippen LogP contribution in [0.4, 0.5) is 10.5 Å². The van der Waals surface area contributed by atoms with Crippen LogP contribution in [0.3, 0.4) is 0 Å². The maximum Gasteiger partial charge on any atom is 0.410 e. The molecule has 1 aromatic rings. The van der Waals surface area contributed by atoms with Gasteiger partial charge in [-0.25, -0.2) is 17.5 Å². The van der Waals surface area contributed by atoms with Crippen molar-refractivity contribution in [2.45, 2.75) is 23.8 Å². The van der Waals surface area contributed by atoms with E-state index >= 15 is 0 Å². The van der Waals surface area contributed by atoms with Crippen LogP contribution in [0.1, 0.15) is 12.8 Å². The van der Waals surface area contributed by atoms with Gasteiger partial charge in [0.15, 0.2) is 0 Å². The van der Waals surface area contributed by atoms with Crippen LogP contribution in [0.15, 0.2) is 29.2 Å². The maximum atomic E-state index is 12.4. The summed E-state index contributed by atoms with van der Waals surface area (Å²) in [6.45, 7) is 0.458. The molecule has 0 saturated carbocycles. The van der Waals surface area contributed by atoms with E-state index in [0.29, 0.717) is 25.1 Å². The Bertz CT molecular complexity index is 732. The minimum atomic E-state index is -3.58. The predicted molar refractivity (Wildman–Crippen MR) is 88.1 cm³/mol. The number of nitrogens with one attached hydrogen (secondary N) is 1. The van der Waals surface area contributed by atoms with Crippen molar-refractivity contribution < 1.29 is 22.7 Å². The molecule has 0 aliphatic carbocycles. The summed E-state index contributed by atoms with van der Waals surface area (Å²) in [6, 6.07) is 5.39. The number of hydrogen-bond acceptors (Lipinski definition) is 5. The Morgan fingerprint density at radius 2 is 2.04 bits per heavy atom. The highest BCUT2D eigenvalue weighted by atomic mass is 32.2. The van der Waals surface area contributed by atoms with Gasteiger partial charge in [0.2, 0.25) is 15.9 Å². The number of benzene rings is 1. The number of rotatable bonds is 4. The van der Waals surface area contributed by atoms with E-state index in [1.54, 1.807) is 12.1 Å². The number of nitrogens with zero attached hydrogens (tertiary/aromatic N) is 2. The summed E-state index contributed by atoms with van der Waals surface area (Å²) < 4.78 is 30.1. The Kier molecular flexibility index (Phi) is 5.45. The zero-order chi connectivity index (χ0) is 17.9. The van der Waals surface area contributed by atoms with E-state index in [2.05, 4.69) is 10.1 Å². The van der Waals surface area contributed by atoms with Gasteiger partial charge in [0.25, 0.3) is 0 Å². The van der Waals surface area contributed by atoms with Crippen LogP contribution in [0, 0.1) is 0 Å². The monoisotopic (exact) mass is 355 g/mol. The van der Waals surface area contributed by atoms with Crippen molar-refractivity contribution in [3.8, 4) is 0 Å². The summed E-state index contributed by atoms with van der Waals surface area (Å²) in [5, 5.41) is 2.67.